The zero-order valence-corrected chi connectivity index (χ0v) is 11.1. The van der Waals surface area contributed by atoms with E-state index in [9.17, 15) is 0 Å². The summed E-state index contributed by atoms with van der Waals surface area (Å²) in [4.78, 5) is 4.29. The highest BCUT2D eigenvalue weighted by Gasteiger charge is 2.20. The van der Waals surface area contributed by atoms with Crippen LogP contribution in [0.2, 0.25) is 5.02 Å². The topological polar surface area (TPSA) is 68.9 Å². The minimum absolute atomic E-state index is 0.359. The largest absolute Gasteiger partial charge is 0.495 e. The van der Waals surface area contributed by atoms with Crippen LogP contribution in [0, 0.1) is 0 Å². The summed E-state index contributed by atoms with van der Waals surface area (Å²) < 4.78 is 10.4. The van der Waals surface area contributed by atoms with Crippen molar-refractivity contribution < 1.29 is 9.47 Å². The second-order valence-electron chi connectivity index (χ2n) is 4.06. The Balaban J connectivity index is 2.24. The Bertz CT molecular complexity index is 473. The predicted octanol–water partition coefficient (Wildman–Crippen LogP) is 2.25. The lowest BCUT2D eigenvalue weighted by molar-refractivity contribution is 0.405. The Labute approximate surface area is 111 Å². The molecule has 0 aliphatic heterocycles. The molecule has 0 saturated heterocycles. The molecule has 0 amide bonds. The van der Waals surface area contributed by atoms with Gasteiger partial charge in [-0.3, -0.25) is 0 Å². The van der Waals surface area contributed by atoms with Crippen LogP contribution in [0.3, 0.4) is 0 Å². The molecule has 1 saturated carbocycles. The number of methoxy groups -OCH3 is 2. The van der Waals surface area contributed by atoms with Gasteiger partial charge >= 0.3 is 0 Å². The molecule has 0 spiro atoms. The second kappa shape index (κ2) is 5.35. The Morgan fingerprint density at radius 1 is 1.33 bits per heavy atom. The van der Waals surface area contributed by atoms with Crippen LogP contribution in [-0.4, -0.2) is 26.2 Å². The second-order valence-corrected chi connectivity index (χ2v) is 4.46. The van der Waals surface area contributed by atoms with Gasteiger partial charge in [0.05, 0.1) is 31.0 Å². The van der Waals surface area contributed by atoms with Crippen LogP contribution in [0.4, 0.5) is 5.69 Å². The third kappa shape index (κ3) is 2.98. The van der Waals surface area contributed by atoms with E-state index in [1.165, 1.54) is 0 Å². The molecule has 5 nitrogen and oxygen atoms in total. The molecule has 0 unspecified atom stereocenters. The summed E-state index contributed by atoms with van der Waals surface area (Å²) in [6.07, 6.45) is 2.20. The fraction of sp³-hybridized carbons (Fsp3) is 0.417. The smallest absolute Gasteiger partial charge is 0.193 e. The van der Waals surface area contributed by atoms with Gasteiger partial charge in [-0.25, -0.2) is 4.99 Å². The van der Waals surface area contributed by atoms with Crippen LogP contribution in [0.15, 0.2) is 17.1 Å². The lowest BCUT2D eigenvalue weighted by Crippen LogP contribution is -2.23. The van der Waals surface area contributed by atoms with Gasteiger partial charge in [-0.15, -0.1) is 0 Å². The van der Waals surface area contributed by atoms with Crippen molar-refractivity contribution in [3.8, 4) is 11.5 Å². The van der Waals surface area contributed by atoms with Gasteiger partial charge in [0.25, 0.3) is 0 Å². The van der Waals surface area contributed by atoms with Crippen LogP contribution in [-0.2, 0) is 0 Å². The molecule has 98 valence electrons. The van der Waals surface area contributed by atoms with Gasteiger partial charge in [-0.05, 0) is 12.8 Å². The lowest BCUT2D eigenvalue weighted by Gasteiger charge is -2.13. The minimum atomic E-state index is 0.359. The van der Waals surface area contributed by atoms with Crippen molar-refractivity contribution >= 4 is 23.2 Å². The van der Waals surface area contributed by atoms with Gasteiger partial charge in [0, 0.05) is 12.1 Å². The first-order valence-electron chi connectivity index (χ1n) is 5.66. The lowest BCUT2D eigenvalue weighted by atomic mass is 10.2. The maximum absolute atomic E-state index is 6.02. The zero-order chi connectivity index (χ0) is 13.1. The van der Waals surface area contributed by atoms with Crippen molar-refractivity contribution in [2.24, 2.45) is 10.7 Å². The van der Waals surface area contributed by atoms with Crippen molar-refractivity contribution in [2.45, 2.75) is 18.9 Å². The number of aliphatic imine (C=N–C) groups is 1. The predicted molar refractivity (Wildman–Crippen MR) is 72.8 cm³/mol. The van der Waals surface area contributed by atoms with Crippen LogP contribution in [0.1, 0.15) is 12.8 Å². The van der Waals surface area contributed by atoms with E-state index in [2.05, 4.69) is 10.3 Å². The third-order valence-electron chi connectivity index (χ3n) is 2.61. The van der Waals surface area contributed by atoms with E-state index in [-0.39, 0.29) is 0 Å². The molecule has 0 bridgehead atoms. The molecule has 6 heteroatoms. The molecule has 1 aliphatic rings. The van der Waals surface area contributed by atoms with E-state index in [0.29, 0.717) is 34.2 Å². The number of ether oxygens (including phenoxy) is 2. The van der Waals surface area contributed by atoms with Crippen LogP contribution in [0.5, 0.6) is 11.5 Å². The van der Waals surface area contributed by atoms with Crippen molar-refractivity contribution in [1.82, 2.24) is 0 Å². The molecule has 0 atom stereocenters. The molecule has 2 rings (SSSR count). The average Bonchev–Trinajstić information content (AvgIpc) is 3.14. The van der Waals surface area contributed by atoms with Crippen LogP contribution in [0.25, 0.3) is 0 Å². The van der Waals surface area contributed by atoms with Crippen molar-refractivity contribution in [3.05, 3.63) is 17.2 Å². The van der Waals surface area contributed by atoms with E-state index in [1.807, 2.05) is 0 Å². The fourth-order valence-corrected chi connectivity index (χ4v) is 1.76. The van der Waals surface area contributed by atoms with Crippen molar-refractivity contribution in [3.63, 3.8) is 0 Å². The molecule has 1 aliphatic carbocycles. The molecule has 18 heavy (non-hydrogen) atoms. The van der Waals surface area contributed by atoms with E-state index in [1.54, 1.807) is 26.4 Å². The van der Waals surface area contributed by atoms with Gasteiger partial charge in [-0.1, -0.05) is 11.6 Å². The van der Waals surface area contributed by atoms with Crippen molar-refractivity contribution in [2.75, 3.05) is 19.5 Å². The quantitative estimate of drug-likeness (QED) is 0.650. The molecule has 1 fully saturated rings. The highest BCUT2D eigenvalue weighted by Crippen LogP contribution is 2.35. The van der Waals surface area contributed by atoms with Gasteiger partial charge in [0.15, 0.2) is 5.96 Å². The maximum Gasteiger partial charge on any atom is 0.193 e. The van der Waals surface area contributed by atoms with E-state index < -0.39 is 0 Å². The number of nitrogens with one attached hydrogen (secondary N) is 1. The Kier molecular flexibility index (Phi) is 3.81. The number of nitrogens with two attached hydrogens (primary N) is 1. The normalized spacial score (nSPS) is 15.4. The first-order chi connectivity index (χ1) is 8.63. The molecule has 3 N–H and O–H groups in total. The van der Waals surface area contributed by atoms with Crippen LogP contribution < -0.4 is 20.5 Å². The zero-order valence-electron chi connectivity index (χ0n) is 10.4. The van der Waals surface area contributed by atoms with E-state index in [0.717, 1.165) is 12.8 Å². The average molecular weight is 270 g/mol. The summed E-state index contributed by atoms with van der Waals surface area (Å²) in [7, 11) is 3.12. The molecular formula is C12H16ClN3O2. The number of nitrogens with zero attached hydrogens (tertiary/aromatic N) is 1. The van der Waals surface area contributed by atoms with E-state index in [4.69, 9.17) is 26.8 Å². The number of benzene rings is 1. The monoisotopic (exact) mass is 269 g/mol. The standard InChI is InChI=1S/C12H16ClN3O2/c1-17-10-6-9(11(18-2)5-8(10)13)16-12(14)15-7-3-4-7/h5-7H,3-4H2,1-2H3,(H3,14,15,16). The van der Waals surface area contributed by atoms with Gasteiger partial charge < -0.3 is 20.5 Å². The van der Waals surface area contributed by atoms with Gasteiger partial charge in [0.1, 0.15) is 11.5 Å². The first kappa shape index (κ1) is 12.8. The SMILES string of the molecule is COc1cc(NC(N)=NC2CC2)c(OC)cc1Cl. The first-order valence-corrected chi connectivity index (χ1v) is 6.03. The summed E-state index contributed by atoms with van der Waals surface area (Å²) in [5.74, 6) is 1.52. The Hall–Kier alpha value is -1.62. The summed E-state index contributed by atoms with van der Waals surface area (Å²) in [5, 5.41) is 3.48. The Morgan fingerprint density at radius 3 is 2.56 bits per heavy atom. The number of rotatable bonds is 4. The molecule has 0 heterocycles. The molecule has 0 radical (unpaired) electrons. The summed E-state index contributed by atoms with van der Waals surface area (Å²) in [5.41, 5.74) is 6.49. The third-order valence-corrected chi connectivity index (χ3v) is 2.90. The summed E-state index contributed by atoms with van der Waals surface area (Å²) in [6, 6.07) is 3.77. The highest BCUT2D eigenvalue weighted by molar-refractivity contribution is 6.32. The van der Waals surface area contributed by atoms with Crippen molar-refractivity contribution in [1.29, 1.82) is 0 Å². The molecule has 1 aromatic rings. The summed E-state index contributed by atoms with van der Waals surface area (Å²) >= 11 is 6.02. The molecular weight excluding hydrogens is 254 g/mol. The maximum atomic E-state index is 6.02. The fourth-order valence-electron chi connectivity index (χ4n) is 1.53. The number of guanidine groups is 1. The minimum Gasteiger partial charge on any atom is -0.495 e. The number of hydrogen-bond donors (Lipinski definition) is 2. The number of hydrogen-bond acceptors (Lipinski definition) is 3. The highest BCUT2D eigenvalue weighted by atomic mass is 35.5. The summed E-state index contributed by atoms with van der Waals surface area (Å²) in [6.45, 7) is 0. The number of halogens is 1. The Morgan fingerprint density at radius 2 is 2.00 bits per heavy atom. The van der Waals surface area contributed by atoms with Gasteiger partial charge in [0.2, 0.25) is 0 Å². The molecule has 1 aromatic carbocycles. The molecule has 0 aromatic heterocycles. The number of anilines is 1. The van der Waals surface area contributed by atoms with Crippen LogP contribution >= 0.6 is 11.6 Å². The van der Waals surface area contributed by atoms with Gasteiger partial charge in [-0.2, -0.15) is 0 Å². The van der Waals surface area contributed by atoms with E-state index >= 15 is 0 Å².